The van der Waals surface area contributed by atoms with Gasteiger partial charge in [0, 0.05) is 18.1 Å². The lowest BCUT2D eigenvalue weighted by atomic mass is 10.4. The molecule has 0 aliphatic heterocycles. The van der Waals surface area contributed by atoms with E-state index in [1.165, 1.54) is 18.3 Å². The summed E-state index contributed by atoms with van der Waals surface area (Å²) < 4.78 is 0.907. The lowest BCUT2D eigenvalue weighted by Gasteiger charge is -2.05. The van der Waals surface area contributed by atoms with Crippen LogP contribution in [0.15, 0.2) is 9.72 Å². The summed E-state index contributed by atoms with van der Waals surface area (Å²) in [6.45, 7) is 3.49. The van der Waals surface area contributed by atoms with E-state index >= 15 is 0 Å². The molecule has 0 N–H and O–H groups in total. The van der Waals surface area contributed by atoms with Gasteiger partial charge in [0.05, 0.1) is 0 Å². The zero-order chi connectivity index (χ0) is 12.0. The minimum atomic E-state index is -0.307. The van der Waals surface area contributed by atoms with E-state index in [4.69, 9.17) is 5.26 Å². The topological polar surface area (TPSA) is 57.0 Å². The van der Waals surface area contributed by atoms with Crippen LogP contribution in [0.25, 0.3) is 0 Å². The van der Waals surface area contributed by atoms with Gasteiger partial charge in [-0.05, 0) is 6.42 Å². The lowest BCUT2D eigenvalue weighted by Crippen LogP contribution is -2.22. The molecular formula is C10H13N3OS2. The van der Waals surface area contributed by atoms with Crippen molar-refractivity contribution in [1.29, 1.82) is 5.26 Å². The molecule has 0 radical (unpaired) electrons. The van der Waals surface area contributed by atoms with E-state index in [1.54, 1.807) is 17.1 Å². The highest BCUT2D eigenvalue weighted by molar-refractivity contribution is 8.01. The van der Waals surface area contributed by atoms with E-state index in [1.807, 2.05) is 6.19 Å². The molecule has 0 spiro atoms. The van der Waals surface area contributed by atoms with E-state index < -0.39 is 0 Å². The van der Waals surface area contributed by atoms with Crippen LogP contribution in [0.4, 0.5) is 5.82 Å². The van der Waals surface area contributed by atoms with Gasteiger partial charge in [0.1, 0.15) is 0 Å². The van der Waals surface area contributed by atoms with Gasteiger partial charge in [0.2, 0.25) is 5.91 Å². The Labute approximate surface area is 103 Å². The molecule has 86 valence electrons. The highest BCUT2D eigenvalue weighted by atomic mass is 32.2. The summed E-state index contributed by atoms with van der Waals surface area (Å²) in [5, 5.41) is 10.5. The van der Waals surface area contributed by atoms with Crippen LogP contribution in [0.5, 0.6) is 0 Å². The van der Waals surface area contributed by atoms with Crippen molar-refractivity contribution in [3.05, 3.63) is 5.38 Å². The molecule has 16 heavy (non-hydrogen) atoms. The summed E-state index contributed by atoms with van der Waals surface area (Å²) in [5.74, 6) is 1.15. The van der Waals surface area contributed by atoms with Crippen molar-refractivity contribution in [2.75, 3.05) is 10.7 Å². The molecule has 1 aromatic rings. The zero-order valence-corrected chi connectivity index (χ0v) is 10.9. The average molecular weight is 255 g/mol. The van der Waals surface area contributed by atoms with Crippen LogP contribution in [-0.4, -0.2) is 16.6 Å². The summed E-state index contributed by atoms with van der Waals surface area (Å²) in [7, 11) is 0. The van der Waals surface area contributed by atoms with Gasteiger partial charge in [-0.1, -0.05) is 25.1 Å². The standard InChI is InChI=1S/C10H13N3OS2/c1-3-4-5-15-10-12-9(6-16-10)13(7-11)8(2)14/h6H,3-5H2,1-2H3. The average Bonchev–Trinajstić information content (AvgIpc) is 2.67. The number of carbonyl (C=O) groups excluding carboxylic acids is 1. The number of unbranched alkanes of at least 4 members (excludes halogenated alkanes) is 1. The minimum Gasteiger partial charge on any atom is -0.274 e. The van der Waals surface area contributed by atoms with Crippen molar-refractivity contribution in [2.24, 2.45) is 0 Å². The molecule has 4 nitrogen and oxygen atoms in total. The van der Waals surface area contributed by atoms with Crippen molar-refractivity contribution in [3.63, 3.8) is 0 Å². The predicted octanol–water partition coefficient (Wildman–Crippen LogP) is 2.87. The van der Waals surface area contributed by atoms with Crippen LogP contribution >= 0.6 is 23.1 Å². The fraction of sp³-hybridized carbons (Fsp3) is 0.500. The van der Waals surface area contributed by atoms with Gasteiger partial charge in [0.15, 0.2) is 16.4 Å². The first-order valence-corrected chi connectivity index (χ1v) is 6.84. The molecular weight excluding hydrogens is 242 g/mol. The monoisotopic (exact) mass is 255 g/mol. The molecule has 0 saturated carbocycles. The molecule has 1 aromatic heterocycles. The first-order chi connectivity index (χ1) is 7.69. The molecule has 0 aromatic carbocycles. The number of amides is 1. The lowest BCUT2D eigenvalue weighted by molar-refractivity contribution is -0.115. The van der Waals surface area contributed by atoms with Crippen LogP contribution in [0, 0.1) is 11.5 Å². The van der Waals surface area contributed by atoms with Gasteiger partial charge < -0.3 is 0 Å². The van der Waals surface area contributed by atoms with Crippen LogP contribution in [0.3, 0.4) is 0 Å². The van der Waals surface area contributed by atoms with Crippen molar-refractivity contribution >= 4 is 34.8 Å². The van der Waals surface area contributed by atoms with Crippen LogP contribution in [0.1, 0.15) is 26.7 Å². The second-order valence-electron chi connectivity index (χ2n) is 3.13. The van der Waals surface area contributed by atoms with Gasteiger partial charge in [-0.25, -0.2) is 4.98 Å². The Morgan fingerprint density at radius 1 is 1.75 bits per heavy atom. The minimum absolute atomic E-state index is 0.307. The van der Waals surface area contributed by atoms with Crippen molar-refractivity contribution in [2.45, 2.75) is 31.0 Å². The Hall–Kier alpha value is -1.06. The van der Waals surface area contributed by atoms with E-state index in [0.29, 0.717) is 5.82 Å². The Morgan fingerprint density at radius 2 is 2.50 bits per heavy atom. The third kappa shape index (κ3) is 3.51. The second kappa shape index (κ2) is 6.51. The van der Waals surface area contributed by atoms with Gasteiger partial charge in [-0.3, -0.25) is 4.79 Å². The first-order valence-electron chi connectivity index (χ1n) is 4.97. The molecule has 6 heteroatoms. The summed E-state index contributed by atoms with van der Waals surface area (Å²) in [4.78, 5) is 16.3. The molecule has 1 amide bonds. The number of anilines is 1. The summed E-state index contributed by atoms with van der Waals surface area (Å²) >= 11 is 3.13. The van der Waals surface area contributed by atoms with Crippen molar-refractivity contribution < 1.29 is 4.79 Å². The third-order valence-corrected chi connectivity index (χ3v) is 3.93. The number of nitriles is 1. The maximum atomic E-state index is 11.1. The molecule has 0 fully saturated rings. The number of aromatic nitrogens is 1. The maximum Gasteiger partial charge on any atom is 0.238 e. The molecule has 0 atom stereocenters. The summed E-state index contributed by atoms with van der Waals surface area (Å²) in [5.41, 5.74) is 0. The number of nitrogens with zero attached hydrogens (tertiary/aromatic N) is 3. The maximum absolute atomic E-state index is 11.1. The van der Waals surface area contributed by atoms with Crippen molar-refractivity contribution in [1.82, 2.24) is 4.98 Å². The van der Waals surface area contributed by atoms with Gasteiger partial charge >= 0.3 is 0 Å². The fourth-order valence-electron chi connectivity index (χ4n) is 1.01. The molecule has 0 unspecified atom stereocenters. The smallest absolute Gasteiger partial charge is 0.238 e. The number of hydrogen-bond donors (Lipinski definition) is 0. The molecule has 0 aliphatic carbocycles. The fourth-order valence-corrected chi connectivity index (χ4v) is 2.95. The van der Waals surface area contributed by atoms with Crippen molar-refractivity contribution in [3.8, 4) is 6.19 Å². The number of rotatable bonds is 5. The Morgan fingerprint density at radius 3 is 3.06 bits per heavy atom. The number of hydrogen-bond acceptors (Lipinski definition) is 5. The van der Waals surface area contributed by atoms with Gasteiger partial charge in [-0.15, -0.1) is 11.3 Å². The molecule has 1 rings (SSSR count). The first kappa shape index (κ1) is 13.0. The highest BCUT2D eigenvalue weighted by Gasteiger charge is 2.14. The van der Waals surface area contributed by atoms with E-state index in [2.05, 4.69) is 11.9 Å². The van der Waals surface area contributed by atoms with E-state index in [0.717, 1.165) is 27.8 Å². The van der Waals surface area contributed by atoms with Crippen LogP contribution in [0.2, 0.25) is 0 Å². The van der Waals surface area contributed by atoms with E-state index in [9.17, 15) is 4.79 Å². The second-order valence-corrected chi connectivity index (χ2v) is 5.33. The molecule has 0 aliphatic rings. The van der Waals surface area contributed by atoms with Crippen LogP contribution in [-0.2, 0) is 4.79 Å². The number of thiazole rings is 1. The third-order valence-electron chi connectivity index (χ3n) is 1.84. The number of carbonyl (C=O) groups is 1. The quantitative estimate of drug-likeness (QED) is 0.351. The molecule has 1 heterocycles. The largest absolute Gasteiger partial charge is 0.274 e. The zero-order valence-electron chi connectivity index (χ0n) is 9.27. The Balaban J connectivity index is 2.64. The Kier molecular flexibility index (Phi) is 5.29. The van der Waals surface area contributed by atoms with Crippen LogP contribution < -0.4 is 4.90 Å². The number of thioether (sulfide) groups is 1. The van der Waals surface area contributed by atoms with Gasteiger partial charge in [0.25, 0.3) is 0 Å². The SMILES string of the molecule is CCCCSc1nc(N(C#N)C(C)=O)cs1. The molecule has 0 saturated heterocycles. The van der Waals surface area contributed by atoms with Gasteiger partial charge in [-0.2, -0.15) is 10.2 Å². The van der Waals surface area contributed by atoms with E-state index in [-0.39, 0.29) is 5.91 Å². The summed E-state index contributed by atoms with van der Waals surface area (Å²) in [6.07, 6.45) is 4.12. The normalized spacial score (nSPS) is 9.81. The molecule has 0 bridgehead atoms. The highest BCUT2D eigenvalue weighted by Crippen LogP contribution is 2.27. The Bertz CT molecular complexity index is 397. The predicted molar refractivity (Wildman–Crippen MR) is 66.5 cm³/mol. The summed E-state index contributed by atoms with van der Waals surface area (Å²) in [6, 6.07) is 0.